The predicted molar refractivity (Wildman–Crippen MR) is 60.6 cm³/mol. The lowest BCUT2D eigenvalue weighted by atomic mass is 9.80. The van der Waals surface area contributed by atoms with Gasteiger partial charge in [0, 0.05) is 13.7 Å². The summed E-state index contributed by atoms with van der Waals surface area (Å²) in [6, 6.07) is 0. The summed E-state index contributed by atoms with van der Waals surface area (Å²) in [5.41, 5.74) is 0.518. The van der Waals surface area contributed by atoms with Gasteiger partial charge in [0.05, 0.1) is 13.2 Å². The third-order valence-electron chi connectivity index (χ3n) is 3.21. The highest BCUT2D eigenvalue weighted by atomic mass is 16.5. The molecule has 0 aliphatic carbocycles. The molecule has 0 radical (unpaired) electrons. The lowest BCUT2D eigenvalue weighted by Crippen LogP contribution is -2.15. The van der Waals surface area contributed by atoms with E-state index in [1.807, 2.05) is 0 Å². The molecule has 0 N–H and O–H groups in total. The first-order valence-electron chi connectivity index (χ1n) is 5.75. The van der Waals surface area contributed by atoms with Crippen molar-refractivity contribution >= 4 is 0 Å². The van der Waals surface area contributed by atoms with E-state index in [1.165, 1.54) is 25.7 Å². The van der Waals surface area contributed by atoms with E-state index in [9.17, 15) is 0 Å². The number of hydrogen-bond acceptors (Lipinski definition) is 2. The molecule has 0 spiro atoms. The quantitative estimate of drug-likeness (QED) is 0.534. The normalized spacial score (nSPS) is 12.0. The average Bonchev–Trinajstić information content (AvgIpc) is 2.23. The fraction of sp³-hybridized carbons (Fsp3) is 1.00. The first-order chi connectivity index (χ1) is 6.68. The van der Waals surface area contributed by atoms with Crippen LogP contribution in [-0.4, -0.2) is 26.9 Å². The van der Waals surface area contributed by atoms with Crippen LogP contribution in [0.3, 0.4) is 0 Å². The smallest absolute Gasteiger partial charge is 0.0700 e. The molecule has 0 saturated heterocycles. The summed E-state index contributed by atoms with van der Waals surface area (Å²) in [4.78, 5) is 0. The Kier molecular flexibility index (Phi) is 8.20. The summed E-state index contributed by atoms with van der Waals surface area (Å²) < 4.78 is 10.3. The summed E-state index contributed by atoms with van der Waals surface area (Å²) in [5, 5.41) is 0. The molecule has 0 bridgehead atoms. The molecule has 0 aromatic heterocycles. The van der Waals surface area contributed by atoms with Gasteiger partial charge in [-0.1, -0.05) is 33.6 Å². The van der Waals surface area contributed by atoms with Crippen molar-refractivity contribution in [1.29, 1.82) is 0 Å². The van der Waals surface area contributed by atoms with Crippen LogP contribution in [0, 0.1) is 5.41 Å². The number of hydrogen-bond donors (Lipinski definition) is 0. The van der Waals surface area contributed by atoms with E-state index in [-0.39, 0.29) is 0 Å². The number of rotatable bonds is 9. The van der Waals surface area contributed by atoms with Gasteiger partial charge in [0.25, 0.3) is 0 Å². The molecule has 0 aromatic carbocycles. The highest BCUT2D eigenvalue weighted by molar-refractivity contribution is 4.70. The number of methoxy groups -OCH3 is 1. The van der Waals surface area contributed by atoms with E-state index in [1.54, 1.807) is 7.11 Å². The Morgan fingerprint density at radius 3 is 2.14 bits per heavy atom. The van der Waals surface area contributed by atoms with Gasteiger partial charge in [0.15, 0.2) is 0 Å². The molecular weight excluding hydrogens is 176 g/mol. The second kappa shape index (κ2) is 8.25. The Morgan fingerprint density at radius 1 is 1.00 bits per heavy atom. The van der Waals surface area contributed by atoms with Gasteiger partial charge in [-0.05, 0) is 18.3 Å². The van der Waals surface area contributed by atoms with Crippen LogP contribution in [-0.2, 0) is 9.47 Å². The van der Waals surface area contributed by atoms with Gasteiger partial charge < -0.3 is 9.47 Å². The lowest BCUT2D eigenvalue weighted by molar-refractivity contribution is 0.0636. The third kappa shape index (κ3) is 6.39. The molecule has 0 rings (SSSR count). The Hall–Kier alpha value is -0.0800. The molecule has 2 nitrogen and oxygen atoms in total. The van der Waals surface area contributed by atoms with Gasteiger partial charge >= 0.3 is 0 Å². The summed E-state index contributed by atoms with van der Waals surface area (Å²) in [6.45, 7) is 9.22. The van der Waals surface area contributed by atoms with Gasteiger partial charge in [-0.3, -0.25) is 0 Å². The first-order valence-corrected chi connectivity index (χ1v) is 5.75. The molecular formula is C12H26O2. The second-order valence-electron chi connectivity index (χ2n) is 4.23. The van der Waals surface area contributed by atoms with Crippen LogP contribution in [0.25, 0.3) is 0 Å². The Balaban J connectivity index is 3.34. The number of ether oxygens (including phenoxy) is 2. The molecule has 0 saturated carbocycles. The van der Waals surface area contributed by atoms with E-state index in [0.29, 0.717) is 12.0 Å². The Labute approximate surface area is 89.0 Å². The molecule has 0 fully saturated rings. The second-order valence-corrected chi connectivity index (χ2v) is 4.23. The van der Waals surface area contributed by atoms with Crippen molar-refractivity contribution < 1.29 is 9.47 Å². The van der Waals surface area contributed by atoms with Crippen LogP contribution in [0.5, 0.6) is 0 Å². The molecule has 86 valence electrons. The highest BCUT2D eigenvalue weighted by Gasteiger charge is 2.18. The minimum atomic E-state index is 0.518. The molecule has 0 amide bonds. The standard InChI is InChI=1S/C12H26O2/c1-5-12(3,6-2)8-7-9-14-11-10-13-4/h5-11H2,1-4H3. The zero-order chi connectivity index (χ0) is 10.9. The van der Waals surface area contributed by atoms with Crippen LogP contribution in [0.15, 0.2) is 0 Å². The molecule has 0 atom stereocenters. The van der Waals surface area contributed by atoms with Gasteiger partial charge in [-0.2, -0.15) is 0 Å². The summed E-state index contributed by atoms with van der Waals surface area (Å²) in [7, 11) is 1.70. The van der Waals surface area contributed by atoms with Crippen molar-refractivity contribution in [3.8, 4) is 0 Å². The summed E-state index contributed by atoms with van der Waals surface area (Å²) >= 11 is 0. The molecule has 14 heavy (non-hydrogen) atoms. The molecule has 2 heteroatoms. The van der Waals surface area contributed by atoms with E-state index in [4.69, 9.17) is 9.47 Å². The summed E-state index contributed by atoms with van der Waals surface area (Å²) in [6.07, 6.45) is 4.97. The van der Waals surface area contributed by atoms with Gasteiger partial charge in [-0.15, -0.1) is 0 Å². The SMILES string of the molecule is CCC(C)(CC)CCCOCCOC. The zero-order valence-corrected chi connectivity index (χ0v) is 10.3. The van der Waals surface area contributed by atoms with Crippen molar-refractivity contribution in [2.45, 2.75) is 46.5 Å². The maximum Gasteiger partial charge on any atom is 0.0700 e. The fourth-order valence-corrected chi connectivity index (χ4v) is 1.45. The molecule has 0 aliphatic rings. The fourth-order valence-electron chi connectivity index (χ4n) is 1.45. The molecule has 0 heterocycles. The van der Waals surface area contributed by atoms with E-state index >= 15 is 0 Å². The predicted octanol–water partition coefficient (Wildman–Crippen LogP) is 3.26. The maximum atomic E-state index is 5.43. The van der Waals surface area contributed by atoms with Gasteiger partial charge in [0.1, 0.15) is 0 Å². The van der Waals surface area contributed by atoms with Gasteiger partial charge in [-0.25, -0.2) is 0 Å². The van der Waals surface area contributed by atoms with Crippen LogP contribution in [0.1, 0.15) is 46.5 Å². The van der Waals surface area contributed by atoms with Crippen LogP contribution in [0.2, 0.25) is 0 Å². The Bertz CT molecular complexity index is 119. The van der Waals surface area contributed by atoms with E-state index in [0.717, 1.165) is 13.2 Å². The van der Waals surface area contributed by atoms with Crippen LogP contribution >= 0.6 is 0 Å². The largest absolute Gasteiger partial charge is 0.382 e. The topological polar surface area (TPSA) is 18.5 Å². The van der Waals surface area contributed by atoms with Crippen molar-refractivity contribution in [3.63, 3.8) is 0 Å². The van der Waals surface area contributed by atoms with E-state index < -0.39 is 0 Å². The maximum absolute atomic E-state index is 5.43. The van der Waals surface area contributed by atoms with Crippen molar-refractivity contribution in [1.82, 2.24) is 0 Å². The minimum Gasteiger partial charge on any atom is -0.382 e. The van der Waals surface area contributed by atoms with Gasteiger partial charge in [0.2, 0.25) is 0 Å². The minimum absolute atomic E-state index is 0.518. The first kappa shape index (κ1) is 13.9. The monoisotopic (exact) mass is 202 g/mol. The third-order valence-corrected chi connectivity index (χ3v) is 3.21. The van der Waals surface area contributed by atoms with Crippen molar-refractivity contribution in [2.24, 2.45) is 5.41 Å². The highest BCUT2D eigenvalue weighted by Crippen LogP contribution is 2.30. The summed E-state index contributed by atoms with van der Waals surface area (Å²) in [5.74, 6) is 0. The van der Waals surface area contributed by atoms with Crippen molar-refractivity contribution in [2.75, 3.05) is 26.9 Å². The molecule has 0 aliphatic heterocycles. The molecule has 0 unspecified atom stereocenters. The van der Waals surface area contributed by atoms with Crippen molar-refractivity contribution in [3.05, 3.63) is 0 Å². The zero-order valence-electron chi connectivity index (χ0n) is 10.3. The molecule has 0 aromatic rings. The van der Waals surface area contributed by atoms with Crippen LogP contribution in [0.4, 0.5) is 0 Å². The van der Waals surface area contributed by atoms with E-state index in [2.05, 4.69) is 20.8 Å². The average molecular weight is 202 g/mol. The van der Waals surface area contributed by atoms with Crippen LogP contribution < -0.4 is 0 Å². The lowest BCUT2D eigenvalue weighted by Gasteiger charge is -2.26. The Morgan fingerprint density at radius 2 is 1.64 bits per heavy atom.